The first-order valence-corrected chi connectivity index (χ1v) is 5.44. The van der Waals surface area contributed by atoms with Crippen LogP contribution >= 0.6 is 11.6 Å². The van der Waals surface area contributed by atoms with Gasteiger partial charge in [-0.1, -0.05) is 24.6 Å². The minimum Gasteiger partial charge on any atom is -0.381 e. The molecule has 2 nitrogen and oxygen atoms in total. The van der Waals surface area contributed by atoms with E-state index in [1.54, 1.807) is 0 Å². The topological polar surface area (TPSA) is 35.8 Å². The Morgan fingerprint density at radius 2 is 2.27 bits per heavy atom. The number of rotatable bonds is 4. The number of hydrogen-bond donors (Lipinski definition) is 1. The smallest absolute Gasteiger partial charge is 0.0643 e. The zero-order chi connectivity index (χ0) is 11.3. The summed E-state index contributed by atoms with van der Waals surface area (Å²) in [4.78, 5) is 0. The molecule has 0 heterocycles. The van der Waals surface area contributed by atoms with E-state index in [9.17, 15) is 0 Å². The van der Waals surface area contributed by atoms with E-state index in [2.05, 4.69) is 18.3 Å². The van der Waals surface area contributed by atoms with Crippen molar-refractivity contribution < 1.29 is 0 Å². The van der Waals surface area contributed by atoms with Crippen LogP contribution < -0.4 is 5.32 Å². The van der Waals surface area contributed by atoms with Crippen molar-refractivity contribution in [3.05, 3.63) is 28.8 Å². The lowest BCUT2D eigenvalue weighted by atomic mass is 10.1. The largest absolute Gasteiger partial charge is 0.381 e. The molecule has 1 rings (SSSR count). The molecular weight excluding hydrogens is 208 g/mol. The maximum absolute atomic E-state index is 8.65. The minimum atomic E-state index is 0.201. The van der Waals surface area contributed by atoms with Gasteiger partial charge in [0.05, 0.1) is 12.5 Å². The van der Waals surface area contributed by atoms with E-state index in [1.165, 1.54) is 0 Å². The quantitative estimate of drug-likeness (QED) is 0.842. The molecule has 1 N–H and O–H groups in total. The maximum atomic E-state index is 8.65. The van der Waals surface area contributed by atoms with Gasteiger partial charge in [0.25, 0.3) is 0 Å². The summed E-state index contributed by atoms with van der Waals surface area (Å²) >= 11 is 5.92. The molecule has 0 aliphatic heterocycles. The van der Waals surface area contributed by atoms with Crippen LogP contribution in [-0.2, 0) is 0 Å². The first kappa shape index (κ1) is 11.9. The van der Waals surface area contributed by atoms with Crippen LogP contribution in [0.5, 0.6) is 0 Å². The summed E-state index contributed by atoms with van der Waals surface area (Å²) < 4.78 is 0. The van der Waals surface area contributed by atoms with Crippen LogP contribution in [0.15, 0.2) is 18.2 Å². The van der Waals surface area contributed by atoms with Gasteiger partial charge in [0, 0.05) is 16.8 Å². The molecule has 0 saturated carbocycles. The van der Waals surface area contributed by atoms with Crippen molar-refractivity contribution >= 4 is 17.3 Å². The van der Waals surface area contributed by atoms with E-state index >= 15 is 0 Å². The Kier molecular flexibility index (Phi) is 4.45. The monoisotopic (exact) mass is 222 g/mol. The first-order valence-electron chi connectivity index (χ1n) is 5.07. The zero-order valence-electron chi connectivity index (χ0n) is 9.05. The van der Waals surface area contributed by atoms with Gasteiger partial charge in [0.2, 0.25) is 0 Å². The molecule has 0 fully saturated rings. The molecule has 3 heteroatoms. The van der Waals surface area contributed by atoms with Gasteiger partial charge >= 0.3 is 0 Å². The Morgan fingerprint density at radius 1 is 1.53 bits per heavy atom. The third-order valence-corrected chi connectivity index (χ3v) is 2.62. The van der Waals surface area contributed by atoms with Crippen molar-refractivity contribution in [2.45, 2.75) is 32.7 Å². The number of hydrogen-bond acceptors (Lipinski definition) is 2. The second-order valence-electron chi connectivity index (χ2n) is 3.57. The van der Waals surface area contributed by atoms with Crippen LogP contribution in [0.2, 0.25) is 5.02 Å². The predicted molar refractivity (Wildman–Crippen MR) is 64.1 cm³/mol. The fraction of sp³-hybridized carbons (Fsp3) is 0.417. The SMILES string of the molecule is CCC(CC#N)Nc1cc(Cl)ccc1C. The molecule has 0 saturated heterocycles. The highest BCUT2D eigenvalue weighted by molar-refractivity contribution is 6.30. The summed E-state index contributed by atoms with van der Waals surface area (Å²) in [7, 11) is 0. The first-order chi connectivity index (χ1) is 7.17. The average molecular weight is 223 g/mol. The highest BCUT2D eigenvalue weighted by atomic mass is 35.5. The van der Waals surface area contributed by atoms with Crippen LogP contribution in [0.3, 0.4) is 0 Å². The maximum Gasteiger partial charge on any atom is 0.0643 e. The number of nitriles is 1. The van der Waals surface area contributed by atoms with Crippen LogP contribution in [-0.4, -0.2) is 6.04 Å². The summed E-state index contributed by atoms with van der Waals surface area (Å²) in [5, 5.41) is 12.7. The number of benzene rings is 1. The Hall–Kier alpha value is -1.20. The molecular formula is C12H15ClN2. The molecule has 0 aliphatic rings. The van der Waals surface area contributed by atoms with E-state index in [-0.39, 0.29) is 6.04 Å². The lowest BCUT2D eigenvalue weighted by molar-refractivity contribution is 0.710. The van der Waals surface area contributed by atoms with Gasteiger partial charge in [-0.05, 0) is 31.0 Å². The highest BCUT2D eigenvalue weighted by Crippen LogP contribution is 2.21. The van der Waals surface area contributed by atoms with Gasteiger partial charge in [-0.2, -0.15) is 5.26 Å². The molecule has 0 aromatic heterocycles. The van der Waals surface area contributed by atoms with Crippen molar-refractivity contribution in [2.24, 2.45) is 0 Å². The molecule has 0 aliphatic carbocycles. The van der Waals surface area contributed by atoms with Crippen LogP contribution in [0, 0.1) is 18.3 Å². The molecule has 1 aromatic rings. The van der Waals surface area contributed by atoms with Crippen LogP contribution in [0.1, 0.15) is 25.3 Å². The second kappa shape index (κ2) is 5.63. The standard InChI is InChI=1S/C12H15ClN2/c1-3-11(6-7-14)15-12-8-10(13)5-4-9(12)2/h4-5,8,11,15H,3,6H2,1-2H3. The van der Waals surface area contributed by atoms with Crippen molar-refractivity contribution in [1.29, 1.82) is 5.26 Å². The average Bonchev–Trinajstić information content (AvgIpc) is 2.22. The summed E-state index contributed by atoms with van der Waals surface area (Å²) in [5.74, 6) is 0. The predicted octanol–water partition coefficient (Wildman–Crippen LogP) is 3.75. The van der Waals surface area contributed by atoms with E-state index < -0.39 is 0 Å². The normalized spacial score (nSPS) is 11.9. The molecule has 1 aromatic carbocycles. The number of nitrogens with one attached hydrogen (secondary N) is 1. The fourth-order valence-electron chi connectivity index (χ4n) is 1.38. The van der Waals surface area contributed by atoms with Gasteiger partial charge in [0.15, 0.2) is 0 Å². The summed E-state index contributed by atoms with van der Waals surface area (Å²) in [6.07, 6.45) is 1.45. The summed E-state index contributed by atoms with van der Waals surface area (Å²) in [5.41, 5.74) is 2.17. The Morgan fingerprint density at radius 3 is 2.87 bits per heavy atom. The van der Waals surface area contributed by atoms with Crippen LogP contribution in [0.4, 0.5) is 5.69 Å². The third kappa shape index (κ3) is 3.45. The van der Waals surface area contributed by atoms with Gasteiger partial charge < -0.3 is 5.32 Å². The summed E-state index contributed by atoms with van der Waals surface area (Å²) in [6.45, 7) is 4.09. The number of aryl methyl sites for hydroxylation is 1. The number of halogens is 1. The molecule has 1 unspecified atom stereocenters. The Bertz CT molecular complexity index is 368. The van der Waals surface area contributed by atoms with Crippen molar-refractivity contribution in [1.82, 2.24) is 0 Å². The number of nitrogens with zero attached hydrogens (tertiary/aromatic N) is 1. The lowest BCUT2D eigenvalue weighted by Gasteiger charge is -2.17. The Labute approximate surface area is 95.9 Å². The zero-order valence-corrected chi connectivity index (χ0v) is 9.80. The Balaban J connectivity index is 2.78. The van der Waals surface area contributed by atoms with Gasteiger partial charge in [-0.3, -0.25) is 0 Å². The molecule has 80 valence electrons. The molecule has 0 radical (unpaired) electrons. The van der Waals surface area contributed by atoms with Crippen LogP contribution in [0.25, 0.3) is 0 Å². The van der Waals surface area contributed by atoms with Crippen molar-refractivity contribution in [3.8, 4) is 6.07 Å². The summed E-state index contributed by atoms with van der Waals surface area (Å²) in [6, 6.07) is 8.12. The van der Waals surface area contributed by atoms with E-state index in [0.717, 1.165) is 22.7 Å². The molecule has 15 heavy (non-hydrogen) atoms. The van der Waals surface area contributed by atoms with Gasteiger partial charge in [-0.25, -0.2) is 0 Å². The van der Waals surface area contributed by atoms with Crippen molar-refractivity contribution in [2.75, 3.05) is 5.32 Å². The molecule has 0 amide bonds. The number of anilines is 1. The third-order valence-electron chi connectivity index (χ3n) is 2.39. The highest BCUT2D eigenvalue weighted by Gasteiger charge is 2.07. The van der Waals surface area contributed by atoms with E-state index in [0.29, 0.717) is 6.42 Å². The van der Waals surface area contributed by atoms with Crippen molar-refractivity contribution in [3.63, 3.8) is 0 Å². The molecule has 0 bridgehead atoms. The van der Waals surface area contributed by atoms with E-state index in [1.807, 2.05) is 25.1 Å². The van der Waals surface area contributed by atoms with Gasteiger partial charge in [0.1, 0.15) is 0 Å². The molecule has 0 spiro atoms. The second-order valence-corrected chi connectivity index (χ2v) is 4.01. The fourth-order valence-corrected chi connectivity index (χ4v) is 1.55. The lowest BCUT2D eigenvalue weighted by Crippen LogP contribution is -2.18. The minimum absolute atomic E-state index is 0.201. The van der Waals surface area contributed by atoms with E-state index in [4.69, 9.17) is 16.9 Å². The van der Waals surface area contributed by atoms with Gasteiger partial charge in [-0.15, -0.1) is 0 Å². The molecule has 1 atom stereocenters.